The second-order valence-corrected chi connectivity index (χ2v) is 5.82. The predicted octanol–water partition coefficient (Wildman–Crippen LogP) is 4.29. The topological polar surface area (TPSA) is 65.5 Å². The average Bonchev–Trinajstić information content (AvgIpc) is 2.70. The van der Waals surface area contributed by atoms with Crippen LogP contribution in [0.25, 0.3) is 10.9 Å². The standard InChI is InChI=1S/C19H18F3N3O3/c1-26-12-6-4-11(5-7-12)10-23-17-13-8-15(27-2)16(28-3)9-14(13)24-18(25-17)19(20,21)22/h4-9H,10H2,1-3H3,(H,23,24,25). The highest BCUT2D eigenvalue weighted by Crippen LogP contribution is 2.36. The molecule has 28 heavy (non-hydrogen) atoms. The molecule has 0 bridgehead atoms. The summed E-state index contributed by atoms with van der Waals surface area (Å²) < 4.78 is 55.2. The van der Waals surface area contributed by atoms with Crippen molar-refractivity contribution in [2.75, 3.05) is 26.6 Å². The molecule has 6 nitrogen and oxygen atoms in total. The number of methoxy groups -OCH3 is 3. The summed E-state index contributed by atoms with van der Waals surface area (Å²) in [6.07, 6.45) is -4.68. The molecule has 0 spiro atoms. The Morgan fingerprint density at radius 1 is 0.893 bits per heavy atom. The van der Waals surface area contributed by atoms with Crippen LogP contribution >= 0.6 is 0 Å². The molecule has 0 unspecified atom stereocenters. The van der Waals surface area contributed by atoms with E-state index < -0.39 is 12.0 Å². The lowest BCUT2D eigenvalue weighted by atomic mass is 10.2. The maximum atomic E-state index is 13.2. The lowest BCUT2D eigenvalue weighted by Crippen LogP contribution is -2.14. The summed E-state index contributed by atoms with van der Waals surface area (Å²) >= 11 is 0. The number of rotatable bonds is 6. The van der Waals surface area contributed by atoms with Crippen molar-refractivity contribution in [1.82, 2.24) is 9.97 Å². The minimum atomic E-state index is -4.68. The third-order valence-corrected chi connectivity index (χ3v) is 4.07. The molecule has 3 rings (SSSR count). The largest absolute Gasteiger partial charge is 0.497 e. The summed E-state index contributed by atoms with van der Waals surface area (Å²) in [6, 6.07) is 10.1. The minimum absolute atomic E-state index is 0.0501. The molecule has 1 heterocycles. The smallest absolute Gasteiger partial charge is 0.451 e. The molecule has 0 aliphatic carbocycles. The number of hydrogen-bond donors (Lipinski definition) is 1. The Kier molecular flexibility index (Phi) is 5.43. The second-order valence-electron chi connectivity index (χ2n) is 5.82. The molecule has 0 saturated carbocycles. The summed E-state index contributed by atoms with van der Waals surface area (Å²) in [5, 5.41) is 3.34. The van der Waals surface area contributed by atoms with Gasteiger partial charge in [0.1, 0.15) is 11.6 Å². The molecule has 1 aromatic heterocycles. The van der Waals surface area contributed by atoms with Gasteiger partial charge in [-0.25, -0.2) is 9.97 Å². The first kappa shape index (κ1) is 19.5. The van der Waals surface area contributed by atoms with Crippen LogP contribution in [0.1, 0.15) is 11.4 Å². The zero-order valence-corrected chi connectivity index (χ0v) is 15.4. The van der Waals surface area contributed by atoms with E-state index in [0.717, 1.165) is 5.56 Å². The minimum Gasteiger partial charge on any atom is -0.497 e. The third kappa shape index (κ3) is 4.03. The fourth-order valence-electron chi connectivity index (χ4n) is 2.65. The number of hydrogen-bond acceptors (Lipinski definition) is 6. The van der Waals surface area contributed by atoms with Crippen LogP contribution in [0.15, 0.2) is 36.4 Å². The van der Waals surface area contributed by atoms with Crippen molar-refractivity contribution >= 4 is 16.7 Å². The van der Waals surface area contributed by atoms with Gasteiger partial charge in [0, 0.05) is 18.0 Å². The van der Waals surface area contributed by atoms with Crippen molar-refractivity contribution in [3.8, 4) is 17.2 Å². The second kappa shape index (κ2) is 7.79. The quantitative estimate of drug-likeness (QED) is 0.674. The van der Waals surface area contributed by atoms with Crippen molar-refractivity contribution in [3.05, 3.63) is 47.8 Å². The number of halogens is 3. The van der Waals surface area contributed by atoms with Crippen molar-refractivity contribution in [3.63, 3.8) is 0 Å². The van der Waals surface area contributed by atoms with Gasteiger partial charge < -0.3 is 19.5 Å². The summed E-state index contributed by atoms with van der Waals surface area (Å²) in [5.41, 5.74) is 0.943. The Hall–Kier alpha value is -3.23. The Bertz CT molecular complexity index is 976. The maximum absolute atomic E-state index is 13.2. The number of alkyl halides is 3. The van der Waals surface area contributed by atoms with Gasteiger partial charge in [0.05, 0.1) is 26.8 Å². The third-order valence-electron chi connectivity index (χ3n) is 4.07. The zero-order valence-electron chi connectivity index (χ0n) is 15.4. The number of aromatic nitrogens is 2. The van der Waals surface area contributed by atoms with Gasteiger partial charge in [0.25, 0.3) is 0 Å². The van der Waals surface area contributed by atoms with Crippen LogP contribution in [0.3, 0.4) is 0 Å². The van der Waals surface area contributed by atoms with Gasteiger partial charge in [0.2, 0.25) is 5.82 Å². The van der Waals surface area contributed by atoms with Gasteiger partial charge in [-0.15, -0.1) is 0 Å². The average molecular weight is 393 g/mol. The molecular formula is C19H18F3N3O3. The highest BCUT2D eigenvalue weighted by atomic mass is 19.4. The number of nitrogens with zero attached hydrogens (tertiary/aromatic N) is 2. The zero-order chi connectivity index (χ0) is 20.3. The molecule has 0 amide bonds. The summed E-state index contributed by atoms with van der Waals surface area (Å²) in [6.45, 7) is 0.266. The van der Waals surface area contributed by atoms with Crippen LogP contribution in [0, 0.1) is 0 Å². The fourth-order valence-corrected chi connectivity index (χ4v) is 2.65. The number of benzene rings is 2. The van der Waals surface area contributed by atoms with E-state index in [-0.39, 0.29) is 23.6 Å². The lowest BCUT2D eigenvalue weighted by molar-refractivity contribution is -0.144. The molecule has 0 aliphatic rings. The predicted molar refractivity (Wildman–Crippen MR) is 98.0 cm³/mol. The SMILES string of the molecule is COc1ccc(CNc2nc(C(F)(F)F)nc3cc(OC)c(OC)cc23)cc1. The molecule has 0 atom stereocenters. The fraction of sp³-hybridized carbons (Fsp3) is 0.263. The Morgan fingerprint density at radius 3 is 2.11 bits per heavy atom. The van der Waals surface area contributed by atoms with E-state index >= 15 is 0 Å². The molecule has 9 heteroatoms. The molecular weight excluding hydrogens is 375 g/mol. The van der Waals surface area contributed by atoms with Crippen LogP contribution in [-0.4, -0.2) is 31.3 Å². The summed E-state index contributed by atoms with van der Waals surface area (Å²) in [7, 11) is 4.40. The number of anilines is 1. The van der Waals surface area contributed by atoms with E-state index in [1.807, 2.05) is 12.1 Å². The van der Waals surface area contributed by atoms with Crippen LogP contribution in [0.2, 0.25) is 0 Å². The Balaban J connectivity index is 2.04. The highest BCUT2D eigenvalue weighted by Gasteiger charge is 2.35. The van der Waals surface area contributed by atoms with Gasteiger partial charge in [-0.1, -0.05) is 12.1 Å². The van der Waals surface area contributed by atoms with Gasteiger partial charge in [0.15, 0.2) is 11.5 Å². The van der Waals surface area contributed by atoms with E-state index in [1.54, 1.807) is 25.3 Å². The molecule has 3 aromatic rings. The van der Waals surface area contributed by atoms with Crippen molar-refractivity contribution in [2.24, 2.45) is 0 Å². The summed E-state index contributed by atoms with van der Waals surface area (Å²) in [4.78, 5) is 7.32. The van der Waals surface area contributed by atoms with Gasteiger partial charge in [-0.05, 0) is 23.8 Å². The van der Waals surface area contributed by atoms with Gasteiger partial charge in [-0.3, -0.25) is 0 Å². The van der Waals surface area contributed by atoms with Crippen LogP contribution in [0.4, 0.5) is 19.0 Å². The monoisotopic (exact) mass is 393 g/mol. The molecule has 2 aromatic carbocycles. The van der Waals surface area contributed by atoms with Crippen LogP contribution in [-0.2, 0) is 12.7 Å². The normalized spacial score (nSPS) is 11.4. The van der Waals surface area contributed by atoms with Crippen LogP contribution < -0.4 is 19.5 Å². The van der Waals surface area contributed by atoms with E-state index in [0.29, 0.717) is 16.9 Å². The molecule has 0 aliphatic heterocycles. The molecule has 0 radical (unpaired) electrons. The van der Waals surface area contributed by atoms with E-state index in [1.165, 1.54) is 20.3 Å². The Labute approximate surface area is 159 Å². The first-order chi connectivity index (χ1) is 13.4. The molecule has 148 valence electrons. The molecule has 0 fully saturated rings. The number of nitrogens with one attached hydrogen (secondary N) is 1. The number of ether oxygens (including phenoxy) is 3. The first-order valence-electron chi connectivity index (χ1n) is 8.23. The molecule has 0 saturated heterocycles. The van der Waals surface area contributed by atoms with Crippen molar-refractivity contribution in [2.45, 2.75) is 12.7 Å². The maximum Gasteiger partial charge on any atom is 0.451 e. The first-order valence-corrected chi connectivity index (χ1v) is 8.23. The lowest BCUT2D eigenvalue weighted by Gasteiger charge is -2.15. The van der Waals surface area contributed by atoms with Crippen molar-refractivity contribution < 1.29 is 27.4 Å². The summed E-state index contributed by atoms with van der Waals surface area (Å²) in [5.74, 6) is 0.153. The van der Waals surface area contributed by atoms with E-state index in [2.05, 4.69) is 15.3 Å². The highest BCUT2D eigenvalue weighted by molar-refractivity contribution is 5.91. The van der Waals surface area contributed by atoms with E-state index in [4.69, 9.17) is 14.2 Å². The number of fused-ring (bicyclic) bond motifs is 1. The van der Waals surface area contributed by atoms with Crippen LogP contribution in [0.5, 0.6) is 17.2 Å². The molecule has 1 N–H and O–H groups in total. The van der Waals surface area contributed by atoms with E-state index in [9.17, 15) is 13.2 Å². The van der Waals surface area contributed by atoms with Gasteiger partial charge in [-0.2, -0.15) is 13.2 Å². The van der Waals surface area contributed by atoms with Gasteiger partial charge >= 0.3 is 6.18 Å². The van der Waals surface area contributed by atoms with Crippen molar-refractivity contribution in [1.29, 1.82) is 0 Å². The Morgan fingerprint density at radius 2 is 1.54 bits per heavy atom.